The summed E-state index contributed by atoms with van der Waals surface area (Å²) in [6, 6.07) is 15.6. The molecule has 164 valence electrons. The van der Waals surface area contributed by atoms with Gasteiger partial charge < -0.3 is 15.2 Å². The molecule has 0 radical (unpaired) electrons. The normalized spacial score (nSPS) is 14.7. The summed E-state index contributed by atoms with van der Waals surface area (Å²) in [5.74, 6) is -1.17. The number of hydrogen-bond donors (Lipinski definition) is 2. The number of nitrogens with zero attached hydrogens (tertiary/aromatic N) is 1. The second kappa shape index (κ2) is 10.7. The smallest absolute Gasteiger partial charge is 0.371 e. The molecule has 2 amide bonds. The highest BCUT2D eigenvalue weighted by molar-refractivity contribution is 5.92. The SMILES string of the molecule is CCO/C(=C\c1ccc(-c2cccc(N(C)C(=O)NC3CCCCC3)c2)cc1)C(=O)O. The van der Waals surface area contributed by atoms with E-state index < -0.39 is 5.97 Å². The number of carboxylic acid groups (broad SMARTS) is 1. The fourth-order valence-corrected chi connectivity index (χ4v) is 3.77. The summed E-state index contributed by atoms with van der Waals surface area (Å²) in [7, 11) is 1.78. The number of rotatable bonds is 7. The van der Waals surface area contributed by atoms with Crippen LogP contribution < -0.4 is 10.2 Å². The fraction of sp³-hybridized carbons (Fsp3) is 0.360. The Morgan fingerprint density at radius 1 is 1.10 bits per heavy atom. The minimum Gasteiger partial charge on any atom is -0.487 e. The fourth-order valence-electron chi connectivity index (χ4n) is 3.77. The predicted octanol–water partition coefficient (Wildman–Crippen LogP) is 5.29. The van der Waals surface area contributed by atoms with Crippen LogP contribution in [0.15, 0.2) is 54.3 Å². The van der Waals surface area contributed by atoms with Gasteiger partial charge in [-0.25, -0.2) is 9.59 Å². The molecule has 3 rings (SSSR count). The van der Waals surface area contributed by atoms with Crippen LogP contribution in [0.2, 0.25) is 0 Å². The summed E-state index contributed by atoms with van der Waals surface area (Å²) in [6.45, 7) is 2.05. The molecular weight excluding hydrogens is 392 g/mol. The Balaban J connectivity index is 1.72. The topological polar surface area (TPSA) is 78.9 Å². The van der Waals surface area contributed by atoms with E-state index in [2.05, 4.69) is 5.32 Å². The number of carbonyl (C=O) groups excluding carboxylic acids is 1. The molecular formula is C25H30N2O4. The molecule has 0 atom stereocenters. The van der Waals surface area contributed by atoms with Crippen molar-refractivity contribution in [2.45, 2.75) is 45.1 Å². The lowest BCUT2D eigenvalue weighted by Gasteiger charge is -2.26. The van der Waals surface area contributed by atoms with E-state index in [1.807, 2.05) is 48.5 Å². The van der Waals surface area contributed by atoms with E-state index in [1.165, 1.54) is 25.3 Å². The summed E-state index contributed by atoms with van der Waals surface area (Å²) in [5, 5.41) is 12.3. The van der Waals surface area contributed by atoms with E-state index in [0.717, 1.165) is 35.2 Å². The molecule has 6 heteroatoms. The quantitative estimate of drug-likeness (QED) is 0.469. The van der Waals surface area contributed by atoms with Crippen molar-refractivity contribution in [1.29, 1.82) is 0 Å². The molecule has 2 aromatic rings. The number of urea groups is 1. The standard InChI is InChI=1S/C25H30N2O4/c1-3-31-23(24(28)29)16-18-12-14-19(15-13-18)20-8-7-11-22(17-20)27(2)25(30)26-21-9-5-4-6-10-21/h7-8,11-17,21H,3-6,9-10H2,1-2H3,(H,26,30)(H,28,29)/b23-16-. The van der Waals surface area contributed by atoms with E-state index in [-0.39, 0.29) is 17.8 Å². The van der Waals surface area contributed by atoms with Crippen LogP contribution >= 0.6 is 0 Å². The van der Waals surface area contributed by atoms with Crippen LogP contribution in [-0.2, 0) is 9.53 Å². The van der Waals surface area contributed by atoms with Crippen LogP contribution in [0.5, 0.6) is 0 Å². The van der Waals surface area contributed by atoms with Gasteiger partial charge in [-0.05, 0) is 54.7 Å². The zero-order valence-corrected chi connectivity index (χ0v) is 18.1. The minimum atomic E-state index is -1.09. The number of hydrogen-bond acceptors (Lipinski definition) is 3. The lowest BCUT2D eigenvalue weighted by molar-refractivity contribution is -0.136. The first-order valence-corrected chi connectivity index (χ1v) is 10.8. The third kappa shape index (κ3) is 6.10. The summed E-state index contributed by atoms with van der Waals surface area (Å²) < 4.78 is 5.16. The Kier molecular flexibility index (Phi) is 7.70. The maximum atomic E-state index is 12.7. The van der Waals surface area contributed by atoms with Crippen molar-refractivity contribution in [3.05, 3.63) is 59.9 Å². The average Bonchev–Trinajstić information content (AvgIpc) is 2.79. The molecule has 2 aromatic carbocycles. The number of nitrogens with one attached hydrogen (secondary N) is 1. The summed E-state index contributed by atoms with van der Waals surface area (Å²) >= 11 is 0. The van der Waals surface area contributed by atoms with Crippen molar-refractivity contribution in [2.75, 3.05) is 18.6 Å². The van der Waals surface area contributed by atoms with Crippen molar-refractivity contribution in [2.24, 2.45) is 0 Å². The van der Waals surface area contributed by atoms with Crippen LogP contribution in [0.3, 0.4) is 0 Å². The first-order chi connectivity index (χ1) is 15.0. The molecule has 0 saturated heterocycles. The van der Waals surface area contributed by atoms with Crippen molar-refractivity contribution < 1.29 is 19.4 Å². The van der Waals surface area contributed by atoms with E-state index in [0.29, 0.717) is 6.61 Å². The number of aliphatic carboxylic acids is 1. The zero-order chi connectivity index (χ0) is 22.2. The number of ether oxygens (including phenoxy) is 1. The van der Waals surface area contributed by atoms with E-state index in [4.69, 9.17) is 4.74 Å². The number of anilines is 1. The first-order valence-electron chi connectivity index (χ1n) is 10.8. The maximum Gasteiger partial charge on any atom is 0.371 e. The minimum absolute atomic E-state index is 0.0807. The van der Waals surface area contributed by atoms with Crippen molar-refractivity contribution >= 4 is 23.8 Å². The van der Waals surface area contributed by atoms with Gasteiger partial charge in [-0.2, -0.15) is 0 Å². The van der Waals surface area contributed by atoms with Gasteiger partial charge in [0.2, 0.25) is 5.76 Å². The first kappa shape index (κ1) is 22.4. The molecule has 6 nitrogen and oxygen atoms in total. The maximum absolute atomic E-state index is 12.7. The van der Waals surface area contributed by atoms with Crippen molar-refractivity contribution in [3.63, 3.8) is 0 Å². The van der Waals surface area contributed by atoms with Crippen LogP contribution in [-0.4, -0.2) is 36.8 Å². The van der Waals surface area contributed by atoms with Crippen LogP contribution in [0.25, 0.3) is 17.2 Å². The molecule has 2 N–H and O–H groups in total. The number of carboxylic acids is 1. The Labute approximate surface area is 183 Å². The molecule has 1 fully saturated rings. The molecule has 0 heterocycles. The van der Waals surface area contributed by atoms with Crippen molar-refractivity contribution in [1.82, 2.24) is 5.32 Å². The van der Waals surface area contributed by atoms with Gasteiger partial charge in [0.1, 0.15) is 0 Å². The Hall–Kier alpha value is -3.28. The highest BCUT2D eigenvalue weighted by Gasteiger charge is 2.19. The van der Waals surface area contributed by atoms with Gasteiger partial charge in [-0.3, -0.25) is 4.90 Å². The third-order valence-corrected chi connectivity index (χ3v) is 5.52. The third-order valence-electron chi connectivity index (χ3n) is 5.52. The largest absolute Gasteiger partial charge is 0.487 e. The summed E-state index contributed by atoms with van der Waals surface area (Å²) in [4.78, 5) is 25.5. The van der Waals surface area contributed by atoms with Crippen LogP contribution in [0.4, 0.5) is 10.5 Å². The highest BCUT2D eigenvalue weighted by atomic mass is 16.5. The molecule has 0 spiro atoms. The van der Waals surface area contributed by atoms with Gasteiger partial charge >= 0.3 is 12.0 Å². The van der Waals surface area contributed by atoms with Gasteiger partial charge in [-0.1, -0.05) is 55.7 Å². The molecule has 0 unspecified atom stereocenters. The molecule has 1 saturated carbocycles. The molecule has 0 bridgehead atoms. The zero-order valence-electron chi connectivity index (χ0n) is 18.1. The number of amides is 2. The number of carbonyl (C=O) groups is 2. The molecule has 1 aliphatic carbocycles. The predicted molar refractivity (Wildman–Crippen MR) is 123 cm³/mol. The van der Waals surface area contributed by atoms with Crippen molar-refractivity contribution in [3.8, 4) is 11.1 Å². The lowest BCUT2D eigenvalue weighted by atomic mass is 9.96. The second-order valence-corrected chi connectivity index (χ2v) is 7.76. The molecule has 1 aliphatic rings. The second-order valence-electron chi connectivity index (χ2n) is 7.76. The summed E-state index contributed by atoms with van der Waals surface area (Å²) in [5.41, 5.74) is 3.52. The monoisotopic (exact) mass is 422 g/mol. The number of benzene rings is 2. The van der Waals surface area contributed by atoms with Crippen LogP contribution in [0, 0.1) is 0 Å². The molecule has 0 aromatic heterocycles. The Morgan fingerprint density at radius 3 is 2.45 bits per heavy atom. The van der Waals surface area contributed by atoms with Gasteiger partial charge in [0.05, 0.1) is 6.61 Å². The Morgan fingerprint density at radius 2 is 1.81 bits per heavy atom. The molecule has 0 aliphatic heterocycles. The van der Waals surface area contributed by atoms with Gasteiger partial charge in [0.25, 0.3) is 0 Å². The highest BCUT2D eigenvalue weighted by Crippen LogP contribution is 2.26. The van der Waals surface area contributed by atoms with E-state index in [9.17, 15) is 14.7 Å². The van der Waals surface area contributed by atoms with E-state index in [1.54, 1.807) is 18.9 Å². The lowest BCUT2D eigenvalue weighted by Crippen LogP contribution is -2.43. The van der Waals surface area contributed by atoms with Crippen LogP contribution in [0.1, 0.15) is 44.6 Å². The van der Waals surface area contributed by atoms with Gasteiger partial charge in [0, 0.05) is 18.8 Å². The van der Waals surface area contributed by atoms with E-state index >= 15 is 0 Å². The molecule has 31 heavy (non-hydrogen) atoms. The average molecular weight is 423 g/mol. The Bertz CT molecular complexity index is 931. The summed E-state index contributed by atoms with van der Waals surface area (Å²) in [6.07, 6.45) is 7.21. The van der Waals surface area contributed by atoms with Gasteiger partial charge in [-0.15, -0.1) is 0 Å². The van der Waals surface area contributed by atoms with Gasteiger partial charge in [0.15, 0.2) is 0 Å².